The molecule has 0 spiro atoms. The van der Waals surface area contributed by atoms with Crippen molar-refractivity contribution in [1.82, 2.24) is 9.97 Å². The van der Waals surface area contributed by atoms with Gasteiger partial charge in [-0.2, -0.15) is 0 Å². The highest BCUT2D eigenvalue weighted by atomic mass is 35.5. The third-order valence-corrected chi connectivity index (χ3v) is 4.22. The first-order valence-corrected chi connectivity index (χ1v) is 8.39. The Hall–Kier alpha value is -3.12. The fourth-order valence-electron chi connectivity index (χ4n) is 2.53. The summed E-state index contributed by atoms with van der Waals surface area (Å²) in [7, 11) is 4.47. The molecule has 0 atom stereocenters. The Labute approximate surface area is 161 Å². The number of hydrogen-bond acceptors (Lipinski definition) is 6. The third-order valence-electron chi connectivity index (χ3n) is 3.93. The van der Waals surface area contributed by atoms with Gasteiger partial charge in [0.2, 0.25) is 0 Å². The second-order valence-electron chi connectivity index (χ2n) is 5.54. The highest BCUT2D eigenvalue weighted by Crippen LogP contribution is 2.33. The zero-order chi connectivity index (χ0) is 19.4. The van der Waals surface area contributed by atoms with Crippen molar-refractivity contribution in [2.75, 3.05) is 21.3 Å². The van der Waals surface area contributed by atoms with Crippen molar-refractivity contribution in [3.8, 4) is 11.5 Å². The van der Waals surface area contributed by atoms with E-state index in [0.717, 1.165) is 5.56 Å². The monoisotopic (exact) mass is 384 g/mol. The van der Waals surface area contributed by atoms with Crippen LogP contribution in [-0.4, -0.2) is 37.3 Å². The zero-order valence-electron chi connectivity index (χ0n) is 15.0. The van der Waals surface area contributed by atoms with Crippen molar-refractivity contribution < 1.29 is 19.0 Å². The third kappa shape index (κ3) is 4.01. The Balaban J connectivity index is 1.92. The molecule has 1 aromatic heterocycles. The van der Waals surface area contributed by atoms with Crippen LogP contribution in [0, 0.1) is 0 Å². The molecule has 0 aliphatic heterocycles. The van der Waals surface area contributed by atoms with E-state index in [1.807, 2.05) is 6.08 Å². The van der Waals surface area contributed by atoms with Gasteiger partial charge in [0.15, 0.2) is 17.3 Å². The first kappa shape index (κ1) is 18.7. The lowest BCUT2D eigenvalue weighted by molar-refractivity contribution is 0.0600. The van der Waals surface area contributed by atoms with Gasteiger partial charge in [-0.05, 0) is 29.8 Å². The SMILES string of the molecule is COC(=O)c1ccc(/C=C/c2nc(Cl)c3cc(OC)c(OC)cc3n2)cc1. The van der Waals surface area contributed by atoms with Crippen LogP contribution >= 0.6 is 11.6 Å². The van der Waals surface area contributed by atoms with Gasteiger partial charge in [-0.3, -0.25) is 0 Å². The van der Waals surface area contributed by atoms with E-state index in [-0.39, 0.29) is 5.97 Å². The van der Waals surface area contributed by atoms with Crippen molar-refractivity contribution in [2.24, 2.45) is 0 Å². The molecule has 7 heteroatoms. The van der Waals surface area contributed by atoms with Crippen molar-refractivity contribution in [2.45, 2.75) is 0 Å². The van der Waals surface area contributed by atoms with E-state index in [9.17, 15) is 4.79 Å². The average molecular weight is 385 g/mol. The predicted molar refractivity (Wildman–Crippen MR) is 104 cm³/mol. The predicted octanol–water partition coefficient (Wildman–Crippen LogP) is 4.26. The Bertz CT molecular complexity index is 1020. The molecule has 138 valence electrons. The average Bonchev–Trinajstić information content (AvgIpc) is 2.71. The van der Waals surface area contributed by atoms with Gasteiger partial charge < -0.3 is 14.2 Å². The minimum Gasteiger partial charge on any atom is -0.493 e. The molecule has 0 amide bonds. The standard InChI is InChI=1S/C20H17ClN2O4/c1-25-16-10-14-15(11-17(16)26-2)22-18(23-19(14)21)9-6-12-4-7-13(8-5-12)20(24)27-3/h4-11H,1-3H3/b9-6+. The first-order valence-electron chi connectivity index (χ1n) is 8.01. The van der Waals surface area contributed by atoms with E-state index >= 15 is 0 Å². The van der Waals surface area contributed by atoms with Crippen LogP contribution in [0.2, 0.25) is 5.15 Å². The molecule has 3 rings (SSSR count). The summed E-state index contributed by atoms with van der Waals surface area (Å²) in [6.45, 7) is 0. The lowest BCUT2D eigenvalue weighted by Gasteiger charge is -2.09. The number of benzene rings is 2. The molecule has 0 saturated heterocycles. The summed E-state index contributed by atoms with van der Waals surface area (Å²) < 4.78 is 15.3. The van der Waals surface area contributed by atoms with Gasteiger partial charge in [0.1, 0.15) is 5.15 Å². The molecular formula is C20H17ClN2O4. The minimum absolute atomic E-state index is 0.321. The molecule has 0 unspecified atom stereocenters. The number of methoxy groups -OCH3 is 3. The second kappa shape index (κ2) is 8.05. The molecule has 3 aromatic rings. The molecule has 0 N–H and O–H groups in total. The van der Waals surface area contributed by atoms with E-state index in [1.54, 1.807) is 56.7 Å². The van der Waals surface area contributed by atoms with Crippen LogP contribution in [0.15, 0.2) is 36.4 Å². The van der Waals surface area contributed by atoms with Gasteiger partial charge in [-0.25, -0.2) is 14.8 Å². The van der Waals surface area contributed by atoms with E-state index in [2.05, 4.69) is 14.7 Å². The van der Waals surface area contributed by atoms with Crippen molar-refractivity contribution in [3.63, 3.8) is 0 Å². The van der Waals surface area contributed by atoms with Crippen LogP contribution in [0.4, 0.5) is 0 Å². The summed E-state index contributed by atoms with van der Waals surface area (Å²) in [5, 5.41) is 0.996. The maximum absolute atomic E-state index is 11.5. The van der Waals surface area contributed by atoms with Gasteiger partial charge in [-0.1, -0.05) is 29.8 Å². The molecule has 0 radical (unpaired) electrons. The molecule has 0 aliphatic carbocycles. The van der Waals surface area contributed by atoms with Crippen molar-refractivity contribution >= 4 is 40.6 Å². The molecule has 1 heterocycles. The summed E-state index contributed by atoms with van der Waals surface area (Å²) in [5.74, 6) is 1.20. The van der Waals surface area contributed by atoms with Crippen LogP contribution in [0.5, 0.6) is 11.5 Å². The Morgan fingerprint density at radius 3 is 2.26 bits per heavy atom. The van der Waals surface area contributed by atoms with Crippen LogP contribution in [0.25, 0.3) is 23.1 Å². The van der Waals surface area contributed by atoms with Crippen LogP contribution in [-0.2, 0) is 4.74 Å². The summed E-state index contributed by atoms with van der Waals surface area (Å²) in [5.41, 5.74) is 2.02. The number of esters is 1. The molecule has 0 saturated carbocycles. The van der Waals surface area contributed by atoms with Gasteiger partial charge in [0.05, 0.1) is 32.4 Å². The molecule has 2 aromatic carbocycles. The summed E-state index contributed by atoms with van der Waals surface area (Å²) in [6, 6.07) is 10.5. The molecule has 27 heavy (non-hydrogen) atoms. The molecule has 0 fully saturated rings. The number of carbonyl (C=O) groups excluding carboxylic acids is 1. The summed E-state index contributed by atoms with van der Waals surface area (Å²) >= 11 is 6.31. The lowest BCUT2D eigenvalue weighted by Crippen LogP contribution is -2.00. The van der Waals surface area contributed by atoms with Gasteiger partial charge in [-0.15, -0.1) is 0 Å². The van der Waals surface area contributed by atoms with Crippen molar-refractivity contribution in [3.05, 3.63) is 58.5 Å². The van der Waals surface area contributed by atoms with Crippen LogP contribution in [0.3, 0.4) is 0 Å². The zero-order valence-corrected chi connectivity index (χ0v) is 15.8. The smallest absolute Gasteiger partial charge is 0.337 e. The largest absolute Gasteiger partial charge is 0.493 e. The first-order chi connectivity index (χ1) is 13.0. The van der Waals surface area contributed by atoms with E-state index in [1.165, 1.54) is 7.11 Å². The number of carbonyl (C=O) groups is 1. The van der Waals surface area contributed by atoms with Crippen LogP contribution < -0.4 is 9.47 Å². The summed E-state index contributed by atoms with van der Waals surface area (Å²) in [4.78, 5) is 20.3. The van der Waals surface area contributed by atoms with Gasteiger partial charge >= 0.3 is 5.97 Å². The van der Waals surface area contributed by atoms with Gasteiger partial charge in [0, 0.05) is 11.5 Å². The maximum Gasteiger partial charge on any atom is 0.337 e. The topological polar surface area (TPSA) is 70.5 Å². The quantitative estimate of drug-likeness (QED) is 0.483. The highest BCUT2D eigenvalue weighted by molar-refractivity contribution is 6.34. The number of halogens is 1. The molecular weight excluding hydrogens is 368 g/mol. The molecule has 0 bridgehead atoms. The number of hydrogen-bond donors (Lipinski definition) is 0. The Kier molecular flexibility index (Phi) is 5.57. The number of fused-ring (bicyclic) bond motifs is 1. The van der Waals surface area contributed by atoms with E-state index in [4.69, 9.17) is 21.1 Å². The fourth-order valence-corrected chi connectivity index (χ4v) is 2.77. The van der Waals surface area contributed by atoms with Crippen LogP contribution in [0.1, 0.15) is 21.7 Å². The molecule has 6 nitrogen and oxygen atoms in total. The number of rotatable bonds is 5. The fraction of sp³-hybridized carbons (Fsp3) is 0.150. The second-order valence-corrected chi connectivity index (χ2v) is 5.90. The summed E-state index contributed by atoms with van der Waals surface area (Å²) in [6.07, 6.45) is 3.58. The van der Waals surface area contributed by atoms with E-state index in [0.29, 0.717) is 38.9 Å². The molecule has 0 aliphatic rings. The minimum atomic E-state index is -0.375. The number of nitrogens with zero attached hydrogens (tertiary/aromatic N) is 2. The number of aromatic nitrogens is 2. The maximum atomic E-state index is 11.5. The highest BCUT2D eigenvalue weighted by Gasteiger charge is 2.11. The Morgan fingerprint density at radius 2 is 1.63 bits per heavy atom. The number of ether oxygens (including phenoxy) is 3. The lowest BCUT2D eigenvalue weighted by atomic mass is 10.1. The van der Waals surface area contributed by atoms with Gasteiger partial charge in [0.25, 0.3) is 0 Å². The normalized spacial score (nSPS) is 11.0. The van der Waals surface area contributed by atoms with E-state index < -0.39 is 0 Å². The van der Waals surface area contributed by atoms with Crippen molar-refractivity contribution in [1.29, 1.82) is 0 Å². The Morgan fingerprint density at radius 1 is 0.963 bits per heavy atom.